The van der Waals surface area contributed by atoms with E-state index in [2.05, 4.69) is 20.3 Å². The molecule has 0 spiro atoms. The van der Waals surface area contributed by atoms with Crippen LogP contribution in [0.4, 0.5) is 5.82 Å². The normalized spacial score (nSPS) is 10.9. The number of nitrogens with zero attached hydrogens (tertiary/aromatic N) is 3. The number of aromatic nitrogens is 2. The Hall–Kier alpha value is -2.32. The van der Waals surface area contributed by atoms with Crippen molar-refractivity contribution in [2.24, 2.45) is 5.10 Å². The van der Waals surface area contributed by atoms with Crippen molar-refractivity contribution in [3.8, 4) is 0 Å². The number of hydrazone groups is 1. The number of nitrogens with two attached hydrogens (primary N) is 1. The van der Waals surface area contributed by atoms with Crippen molar-refractivity contribution in [3.63, 3.8) is 0 Å². The van der Waals surface area contributed by atoms with Crippen LogP contribution in [0, 0.1) is 5.21 Å². The molecule has 2 rings (SSSR count). The lowest BCUT2D eigenvalue weighted by atomic mass is 10.2. The second-order valence-corrected chi connectivity index (χ2v) is 4.37. The third-order valence-corrected chi connectivity index (χ3v) is 2.75. The smallest absolute Gasteiger partial charge is 0.322 e. The van der Waals surface area contributed by atoms with Crippen LogP contribution in [0.1, 0.15) is 16.1 Å². The third kappa shape index (κ3) is 2.98. The summed E-state index contributed by atoms with van der Waals surface area (Å²) in [6.07, 6.45) is 1.29. The summed E-state index contributed by atoms with van der Waals surface area (Å²) >= 11 is 11.6. The van der Waals surface area contributed by atoms with Gasteiger partial charge in [0.15, 0.2) is 0 Å². The Kier molecular flexibility index (Phi) is 4.06. The van der Waals surface area contributed by atoms with Crippen LogP contribution in [0.2, 0.25) is 10.0 Å². The van der Waals surface area contributed by atoms with Crippen molar-refractivity contribution in [3.05, 3.63) is 44.7 Å². The molecule has 0 bridgehead atoms. The molecule has 0 fully saturated rings. The first-order valence-corrected chi connectivity index (χ1v) is 5.88. The van der Waals surface area contributed by atoms with Gasteiger partial charge in [-0.05, 0) is 17.0 Å². The number of nitrogens with one attached hydrogen (secondary N) is 1. The van der Waals surface area contributed by atoms with E-state index >= 15 is 0 Å². The highest BCUT2D eigenvalue weighted by atomic mass is 35.5. The molecule has 1 aromatic carbocycles. The molecular formula is C10H7Cl2N5O3. The Morgan fingerprint density at radius 2 is 2.30 bits per heavy atom. The Morgan fingerprint density at radius 1 is 1.55 bits per heavy atom. The van der Waals surface area contributed by atoms with E-state index in [4.69, 9.17) is 28.9 Å². The number of carbonyl (C=O) groups is 1. The van der Waals surface area contributed by atoms with Crippen LogP contribution < -0.4 is 16.1 Å². The maximum atomic E-state index is 11.6. The summed E-state index contributed by atoms with van der Waals surface area (Å²) in [5.74, 6) is -1.20. The molecule has 1 aromatic heterocycles. The Labute approximate surface area is 122 Å². The first kappa shape index (κ1) is 14.1. The highest BCUT2D eigenvalue weighted by molar-refractivity contribution is 6.36. The number of carbonyl (C=O) groups excluding carboxylic acids is 1. The highest BCUT2D eigenvalue weighted by Gasteiger charge is 2.23. The molecular weight excluding hydrogens is 309 g/mol. The minimum Gasteiger partial charge on any atom is -0.359 e. The summed E-state index contributed by atoms with van der Waals surface area (Å²) in [5, 5.41) is 18.7. The number of rotatable bonds is 3. The number of nitrogen functional groups attached to an aromatic ring is 1. The summed E-state index contributed by atoms with van der Waals surface area (Å²) < 4.78 is 4.15. The van der Waals surface area contributed by atoms with Gasteiger partial charge in [0.05, 0.1) is 16.4 Å². The summed E-state index contributed by atoms with van der Waals surface area (Å²) in [4.78, 5) is 11.5. The molecule has 10 heteroatoms. The number of anilines is 1. The Morgan fingerprint density at radius 3 is 2.90 bits per heavy atom. The van der Waals surface area contributed by atoms with Crippen molar-refractivity contribution < 1.29 is 14.3 Å². The number of benzene rings is 1. The molecule has 1 amide bonds. The Bertz CT molecular complexity index is 666. The van der Waals surface area contributed by atoms with Crippen molar-refractivity contribution in [2.45, 2.75) is 0 Å². The molecule has 0 unspecified atom stereocenters. The molecule has 0 saturated carbocycles. The molecule has 3 N–H and O–H groups in total. The van der Waals surface area contributed by atoms with Crippen LogP contribution in [0.3, 0.4) is 0 Å². The summed E-state index contributed by atoms with van der Waals surface area (Å²) in [7, 11) is 0. The van der Waals surface area contributed by atoms with Crippen molar-refractivity contribution in [1.82, 2.24) is 10.6 Å². The van der Waals surface area contributed by atoms with E-state index in [9.17, 15) is 10.0 Å². The lowest BCUT2D eigenvalue weighted by molar-refractivity contribution is -0.803. The van der Waals surface area contributed by atoms with Gasteiger partial charge in [0.25, 0.3) is 0 Å². The van der Waals surface area contributed by atoms with E-state index < -0.39 is 11.6 Å². The van der Waals surface area contributed by atoms with Gasteiger partial charge in [-0.2, -0.15) is 5.10 Å². The van der Waals surface area contributed by atoms with E-state index in [0.29, 0.717) is 15.6 Å². The maximum Gasteiger partial charge on any atom is 0.322 e. The van der Waals surface area contributed by atoms with Gasteiger partial charge >= 0.3 is 17.4 Å². The Balaban J connectivity index is 2.09. The van der Waals surface area contributed by atoms with Gasteiger partial charge in [0.1, 0.15) is 0 Å². The van der Waals surface area contributed by atoms with Crippen LogP contribution in [0.15, 0.2) is 27.9 Å². The predicted octanol–water partition coefficient (Wildman–Crippen LogP) is 0.961. The lowest BCUT2D eigenvalue weighted by Crippen LogP contribution is -2.36. The predicted molar refractivity (Wildman–Crippen MR) is 71.4 cm³/mol. The molecule has 20 heavy (non-hydrogen) atoms. The van der Waals surface area contributed by atoms with Crippen LogP contribution in [0.25, 0.3) is 0 Å². The zero-order chi connectivity index (χ0) is 14.7. The fraction of sp³-hybridized carbons (Fsp3) is 0. The molecule has 2 aromatic rings. The lowest BCUT2D eigenvalue weighted by Gasteiger charge is -1.99. The fourth-order valence-electron chi connectivity index (χ4n) is 1.28. The minimum atomic E-state index is -0.861. The quantitative estimate of drug-likeness (QED) is 0.496. The molecule has 1 heterocycles. The van der Waals surface area contributed by atoms with E-state index in [1.165, 1.54) is 12.3 Å². The second kappa shape index (κ2) is 5.76. The van der Waals surface area contributed by atoms with Crippen LogP contribution in [0.5, 0.6) is 0 Å². The summed E-state index contributed by atoms with van der Waals surface area (Å²) in [5.41, 5.74) is 7.44. The number of hydrogen-bond acceptors (Lipinski definition) is 6. The van der Waals surface area contributed by atoms with Gasteiger partial charge in [-0.15, -0.1) is 0 Å². The van der Waals surface area contributed by atoms with E-state index in [-0.39, 0.29) is 10.7 Å². The maximum absolute atomic E-state index is 11.6. The standard InChI is InChI=1S/C10H7Cl2N5O3/c11-6-2-1-5(7(12)3-6)4-14-15-10(18)8-9(13)16-20-17(8)19/h1-4H,(H2,13,16)(H,15,18)/b14-4+. The molecule has 0 aliphatic heterocycles. The van der Waals surface area contributed by atoms with Gasteiger partial charge in [0, 0.05) is 10.6 Å². The van der Waals surface area contributed by atoms with E-state index in [1.807, 2.05) is 0 Å². The van der Waals surface area contributed by atoms with Crippen molar-refractivity contribution in [2.75, 3.05) is 5.73 Å². The topological polar surface area (TPSA) is 120 Å². The molecule has 0 aliphatic carbocycles. The highest BCUT2D eigenvalue weighted by Crippen LogP contribution is 2.19. The fourth-order valence-corrected chi connectivity index (χ4v) is 1.73. The van der Waals surface area contributed by atoms with Crippen LogP contribution in [-0.4, -0.2) is 17.3 Å². The summed E-state index contributed by atoms with van der Waals surface area (Å²) in [6, 6.07) is 4.75. The first-order valence-electron chi connectivity index (χ1n) is 5.12. The molecule has 0 atom stereocenters. The largest absolute Gasteiger partial charge is 0.359 e. The monoisotopic (exact) mass is 315 g/mol. The average molecular weight is 316 g/mol. The first-order chi connectivity index (χ1) is 9.49. The van der Waals surface area contributed by atoms with Crippen molar-refractivity contribution in [1.29, 1.82) is 0 Å². The van der Waals surface area contributed by atoms with Gasteiger partial charge in [-0.25, -0.2) is 5.43 Å². The molecule has 0 radical (unpaired) electrons. The van der Waals surface area contributed by atoms with E-state index in [0.717, 1.165) is 0 Å². The van der Waals surface area contributed by atoms with Gasteiger partial charge in [0.2, 0.25) is 0 Å². The van der Waals surface area contributed by atoms with Crippen LogP contribution >= 0.6 is 23.2 Å². The number of halogens is 2. The summed E-state index contributed by atoms with van der Waals surface area (Å²) in [6.45, 7) is 0. The SMILES string of the molecule is Nc1no[n+]([O-])c1C(=O)N/N=C/c1ccc(Cl)cc1Cl. The van der Waals surface area contributed by atoms with Gasteiger partial charge in [-0.3, -0.25) is 9.42 Å². The zero-order valence-electron chi connectivity index (χ0n) is 9.71. The third-order valence-electron chi connectivity index (χ3n) is 2.19. The van der Waals surface area contributed by atoms with Crippen molar-refractivity contribution >= 4 is 41.1 Å². The number of amides is 1. The van der Waals surface area contributed by atoms with Gasteiger partial charge < -0.3 is 10.9 Å². The second-order valence-electron chi connectivity index (χ2n) is 3.53. The molecule has 104 valence electrons. The molecule has 0 aliphatic rings. The average Bonchev–Trinajstić information content (AvgIpc) is 2.71. The molecule has 0 saturated heterocycles. The minimum absolute atomic E-state index is 0.116. The van der Waals surface area contributed by atoms with E-state index in [1.54, 1.807) is 12.1 Å². The molecule has 8 nitrogen and oxygen atoms in total. The zero-order valence-corrected chi connectivity index (χ0v) is 11.2. The number of hydrogen-bond donors (Lipinski definition) is 2. The van der Waals surface area contributed by atoms with Crippen LogP contribution in [-0.2, 0) is 0 Å². The van der Waals surface area contributed by atoms with Gasteiger partial charge in [-0.1, -0.05) is 29.3 Å².